The summed E-state index contributed by atoms with van der Waals surface area (Å²) in [6.07, 6.45) is 11.2. The van der Waals surface area contributed by atoms with Gasteiger partial charge < -0.3 is 4.74 Å². The average molecular weight is 423 g/mol. The van der Waals surface area contributed by atoms with Crippen LogP contribution in [0.2, 0.25) is 0 Å². The standard InChI is InChI=1S/C28H38O3/c1-4-6-8-9-10-11-13-24-16-20-26(21-17-24)28(30)31-22(3)27(29)25-18-14-23(15-19-25)12-7-5-2/h14-22H,4-13H2,1-3H3. The monoisotopic (exact) mass is 422 g/mol. The molecule has 3 heteroatoms. The Morgan fingerprint density at radius 2 is 1.16 bits per heavy atom. The van der Waals surface area contributed by atoms with Gasteiger partial charge in [0.2, 0.25) is 5.78 Å². The number of unbranched alkanes of at least 4 members (excludes halogenated alkanes) is 6. The van der Waals surface area contributed by atoms with Crippen molar-refractivity contribution in [2.75, 3.05) is 0 Å². The Morgan fingerprint density at radius 3 is 1.74 bits per heavy atom. The first kappa shape index (κ1) is 24.8. The normalized spacial score (nSPS) is 11.8. The van der Waals surface area contributed by atoms with Crippen molar-refractivity contribution in [1.29, 1.82) is 0 Å². The Hall–Kier alpha value is -2.42. The van der Waals surface area contributed by atoms with Crippen LogP contribution >= 0.6 is 0 Å². The number of ether oxygens (including phenoxy) is 1. The van der Waals surface area contributed by atoms with Crippen LogP contribution in [-0.2, 0) is 17.6 Å². The molecular formula is C28H38O3. The van der Waals surface area contributed by atoms with E-state index in [9.17, 15) is 9.59 Å². The second-order valence-corrected chi connectivity index (χ2v) is 8.43. The maximum absolute atomic E-state index is 12.6. The quantitative estimate of drug-likeness (QED) is 0.181. The van der Waals surface area contributed by atoms with E-state index in [-0.39, 0.29) is 5.78 Å². The summed E-state index contributed by atoms with van der Waals surface area (Å²) >= 11 is 0. The topological polar surface area (TPSA) is 43.4 Å². The van der Waals surface area contributed by atoms with Crippen molar-refractivity contribution in [2.45, 2.75) is 91.1 Å². The second-order valence-electron chi connectivity index (χ2n) is 8.43. The lowest BCUT2D eigenvalue weighted by Crippen LogP contribution is -2.24. The second kappa shape index (κ2) is 13.8. The number of carbonyl (C=O) groups excluding carboxylic acids is 2. The van der Waals surface area contributed by atoms with Crippen LogP contribution in [0.15, 0.2) is 48.5 Å². The number of ketones is 1. The van der Waals surface area contributed by atoms with Gasteiger partial charge in [0.1, 0.15) is 0 Å². The fourth-order valence-corrected chi connectivity index (χ4v) is 3.65. The Bertz CT molecular complexity index is 790. The molecule has 3 nitrogen and oxygen atoms in total. The molecule has 0 aliphatic carbocycles. The Balaban J connectivity index is 1.81. The van der Waals surface area contributed by atoms with Crippen molar-refractivity contribution in [2.24, 2.45) is 0 Å². The van der Waals surface area contributed by atoms with Crippen molar-refractivity contribution in [3.63, 3.8) is 0 Å². The molecule has 0 aromatic heterocycles. The van der Waals surface area contributed by atoms with Crippen LogP contribution in [0, 0.1) is 0 Å². The molecule has 0 heterocycles. The number of hydrogen-bond donors (Lipinski definition) is 0. The van der Waals surface area contributed by atoms with E-state index in [1.807, 2.05) is 36.4 Å². The molecule has 2 aromatic rings. The van der Waals surface area contributed by atoms with Gasteiger partial charge in [-0.25, -0.2) is 4.79 Å². The summed E-state index contributed by atoms with van der Waals surface area (Å²) in [4.78, 5) is 25.1. The van der Waals surface area contributed by atoms with Gasteiger partial charge in [0.05, 0.1) is 5.56 Å². The van der Waals surface area contributed by atoms with E-state index < -0.39 is 12.1 Å². The Kier molecular flexibility index (Phi) is 11.1. The van der Waals surface area contributed by atoms with E-state index in [4.69, 9.17) is 4.74 Å². The minimum Gasteiger partial charge on any atom is -0.451 e. The number of Topliss-reactive ketones (excluding diaryl/α,β-unsaturated/α-hetero) is 1. The van der Waals surface area contributed by atoms with Crippen molar-refractivity contribution < 1.29 is 14.3 Å². The molecule has 0 amide bonds. The van der Waals surface area contributed by atoms with Gasteiger partial charge in [0, 0.05) is 5.56 Å². The summed E-state index contributed by atoms with van der Waals surface area (Å²) in [6, 6.07) is 15.2. The van der Waals surface area contributed by atoms with Crippen LogP contribution < -0.4 is 0 Å². The minimum absolute atomic E-state index is 0.171. The first-order chi connectivity index (χ1) is 15.0. The third kappa shape index (κ3) is 8.69. The van der Waals surface area contributed by atoms with Gasteiger partial charge in [-0.05, 0) is 55.9 Å². The van der Waals surface area contributed by atoms with Crippen LogP contribution in [0.25, 0.3) is 0 Å². The molecule has 0 radical (unpaired) electrons. The van der Waals surface area contributed by atoms with Crippen LogP contribution in [0.5, 0.6) is 0 Å². The molecule has 0 aliphatic heterocycles. The summed E-state index contributed by atoms with van der Waals surface area (Å²) in [7, 11) is 0. The van der Waals surface area contributed by atoms with E-state index in [1.165, 1.54) is 49.7 Å². The summed E-state index contributed by atoms with van der Waals surface area (Å²) in [5, 5.41) is 0. The van der Waals surface area contributed by atoms with Crippen molar-refractivity contribution in [1.82, 2.24) is 0 Å². The molecular weight excluding hydrogens is 384 g/mol. The molecule has 0 fully saturated rings. The number of benzene rings is 2. The zero-order valence-corrected chi connectivity index (χ0v) is 19.5. The van der Waals surface area contributed by atoms with Gasteiger partial charge in [-0.3, -0.25) is 4.79 Å². The number of esters is 1. The molecule has 168 valence electrons. The highest BCUT2D eigenvalue weighted by molar-refractivity contribution is 6.01. The highest BCUT2D eigenvalue weighted by Crippen LogP contribution is 2.15. The molecule has 31 heavy (non-hydrogen) atoms. The smallest absolute Gasteiger partial charge is 0.338 e. The van der Waals surface area contributed by atoms with Crippen molar-refractivity contribution >= 4 is 11.8 Å². The fraction of sp³-hybridized carbons (Fsp3) is 0.500. The van der Waals surface area contributed by atoms with E-state index in [0.717, 1.165) is 25.7 Å². The molecule has 0 saturated heterocycles. The predicted octanol–water partition coefficient (Wildman–Crippen LogP) is 7.36. The maximum atomic E-state index is 12.6. The van der Waals surface area contributed by atoms with Crippen molar-refractivity contribution in [3.8, 4) is 0 Å². The highest BCUT2D eigenvalue weighted by atomic mass is 16.5. The van der Waals surface area contributed by atoms with E-state index in [1.54, 1.807) is 19.1 Å². The number of carbonyl (C=O) groups is 2. The van der Waals surface area contributed by atoms with E-state index >= 15 is 0 Å². The van der Waals surface area contributed by atoms with Gasteiger partial charge in [0.15, 0.2) is 6.10 Å². The lowest BCUT2D eigenvalue weighted by molar-refractivity contribution is 0.0319. The number of rotatable bonds is 14. The summed E-state index contributed by atoms with van der Waals surface area (Å²) in [5.41, 5.74) is 3.53. The zero-order chi connectivity index (χ0) is 22.5. The lowest BCUT2D eigenvalue weighted by Gasteiger charge is -2.13. The number of aryl methyl sites for hydroxylation is 2. The lowest BCUT2D eigenvalue weighted by atomic mass is 10.0. The molecule has 0 N–H and O–H groups in total. The van der Waals surface area contributed by atoms with Crippen LogP contribution in [0.3, 0.4) is 0 Å². The van der Waals surface area contributed by atoms with Gasteiger partial charge in [-0.15, -0.1) is 0 Å². The molecule has 0 bridgehead atoms. The molecule has 0 saturated carbocycles. The van der Waals surface area contributed by atoms with Crippen LogP contribution in [0.1, 0.15) is 104 Å². The van der Waals surface area contributed by atoms with Gasteiger partial charge in [-0.2, -0.15) is 0 Å². The third-order valence-corrected chi connectivity index (χ3v) is 5.72. The summed E-state index contributed by atoms with van der Waals surface area (Å²) in [6.45, 7) is 6.03. The average Bonchev–Trinajstić information content (AvgIpc) is 2.80. The predicted molar refractivity (Wildman–Crippen MR) is 128 cm³/mol. The minimum atomic E-state index is -0.809. The summed E-state index contributed by atoms with van der Waals surface area (Å²) < 4.78 is 5.44. The number of hydrogen-bond acceptors (Lipinski definition) is 3. The maximum Gasteiger partial charge on any atom is 0.338 e. The molecule has 0 spiro atoms. The van der Waals surface area contributed by atoms with Gasteiger partial charge in [0.25, 0.3) is 0 Å². The van der Waals surface area contributed by atoms with Crippen molar-refractivity contribution in [3.05, 3.63) is 70.8 Å². The molecule has 2 aromatic carbocycles. The van der Waals surface area contributed by atoms with Gasteiger partial charge in [-0.1, -0.05) is 88.8 Å². The molecule has 2 rings (SSSR count). The molecule has 0 aliphatic rings. The fourth-order valence-electron chi connectivity index (χ4n) is 3.65. The highest BCUT2D eigenvalue weighted by Gasteiger charge is 2.20. The Morgan fingerprint density at radius 1 is 0.677 bits per heavy atom. The first-order valence-electron chi connectivity index (χ1n) is 12.0. The van der Waals surface area contributed by atoms with E-state index in [2.05, 4.69) is 13.8 Å². The third-order valence-electron chi connectivity index (χ3n) is 5.72. The van der Waals surface area contributed by atoms with Gasteiger partial charge >= 0.3 is 5.97 Å². The first-order valence-corrected chi connectivity index (χ1v) is 12.0. The molecule has 1 atom stereocenters. The van der Waals surface area contributed by atoms with Crippen LogP contribution in [0.4, 0.5) is 0 Å². The van der Waals surface area contributed by atoms with Crippen LogP contribution in [-0.4, -0.2) is 17.9 Å². The van der Waals surface area contributed by atoms with E-state index in [0.29, 0.717) is 11.1 Å². The zero-order valence-electron chi connectivity index (χ0n) is 19.5. The summed E-state index contributed by atoms with van der Waals surface area (Å²) in [5.74, 6) is -0.624. The Labute approximate surface area is 188 Å². The SMILES string of the molecule is CCCCCCCCc1ccc(C(=O)OC(C)C(=O)c2ccc(CCCC)cc2)cc1. The molecule has 1 unspecified atom stereocenters. The largest absolute Gasteiger partial charge is 0.451 e.